The van der Waals surface area contributed by atoms with Gasteiger partial charge in [0.2, 0.25) is 0 Å². The van der Waals surface area contributed by atoms with Gasteiger partial charge in [-0.2, -0.15) is 0 Å². The summed E-state index contributed by atoms with van der Waals surface area (Å²) in [6, 6.07) is 0. The van der Waals surface area contributed by atoms with E-state index in [1.165, 1.54) is 0 Å². The first-order chi connectivity index (χ1) is 7.96. The van der Waals surface area contributed by atoms with Crippen LogP contribution in [0.1, 0.15) is 46.5 Å². The lowest BCUT2D eigenvalue weighted by molar-refractivity contribution is -0.182. The molecule has 2 rings (SSSR count). The van der Waals surface area contributed by atoms with E-state index in [4.69, 9.17) is 14.2 Å². The number of unbranched alkanes of at least 4 members (excludes halogenated alkanes) is 1. The molecular weight excluding hydrogens is 220 g/mol. The number of hydrogen-bond acceptors (Lipinski definition) is 4. The molecule has 1 spiro atoms. The molecule has 0 unspecified atom stereocenters. The first kappa shape index (κ1) is 12.8. The van der Waals surface area contributed by atoms with Gasteiger partial charge in [-0.3, -0.25) is 0 Å². The number of ether oxygens (including phenoxy) is 3. The standard InChI is InChI=1S/C13H22O4/c1-4-5-6-15-11(14)10-7-13(9-16-13)8-12(2,3)17-10/h10H,4-9H2,1-3H3/t10-,13-/m0/s1. The van der Waals surface area contributed by atoms with Crippen LogP contribution in [0, 0.1) is 0 Å². The highest BCUT2D eigenvalue weighted by Gasteiger charge is 2.55. The molecule has 2 heterocycles. The monoisotopic (exact) mass is 242 g/mol. The zero-order chi connectivity index (χ0) is 12.5. The Morgan fingerprint density at radius 2 is 2.18 bits per heavy atom. The molecule has 0 N–H and O–H groups in total. The fourth-order valence-electron chi connectivity index (χ4n) is 2.52. The number of epoxide rings is 1. The van der Waals surface area contributed by atoms with Gasteiger partial charge in [-0.1, -0.05) is 13.3 Å². The van der Waals surface area contributed by atoms with Crippen molar-refractivity contribution in [1.82, 2.24) is 0 Å². The minimum absolute atomic E-state index is 0.115. The quantitative estimate of drug-likeness (QED) is 0.430. The molecule has 17 heavy (non-hydrogen) atoms. The Kier molecular flexibility index (Phi) is 3.46. The van der Waals surface area contributed by atoms with Crippen molar-refractivity contribution in [3.8, 4) is 0 Å². The molecule has 0 aromatic carbocycles. The summed E-state index contributed by atoms with van der Waals surface area (Å²) in [4.78, 5) is 11.9. The van der Waals surface area contributed by atoms with Gasteiger partial charge in [0.1, 0.15) is 0 Å². The number of rotatable bonds is 4. The number of carbonyl (C=O) groups is 1. The lowest BCUT2D eigenvalue weighted by Crippen LogP contribution is -2.47. The number of hydrogen-bond donors (Lipinski definition) is 0. The Balaban J connectivity index is 1.89. The van der Waals surface area contributed by atoms with Gasteiger partial charge < -0.3 is 14.2 Å². The van der Waals surface area contributed by atoms with Gasteiger partial charge >= 0.3 is 5.97 Å². The van der Waals surface area contributed by atoms with E-state index in [2.05, 4.69) is 6.92 Å². The summed E-state index contributed by atoms with van der Waals surface area (Å²) < 4.78 is 16.5. The molecule has 2 aliphatic heterocycles. The van der Waals surface area contributed by atoms with E-state index >= 15 is 0 Å². The highest BCUT2D eigenvalue weighted by Crippen LogP contribution is 2.46. The average Bonchev–Trinajstić information content (AvgIpc) is 2.94. The largest absolute Gasteiger partial charge is 0.464 e. The topological polar surface area (TPSA) is 48.1 Å². The van der Waals surface area contributed by atoms with E-state index in [1.54, 1.807) is 0 Å². The Morgan fingerprint density at radius 3 is 2.76 bits per heavy atom. The van der Waals surface area contributed by atoms with Crippen molar-refractivity contribution in [2.75, 3.05) is 13.2 Å². The van der Waals surface area contributed by atoms with Crippen LogP contribution in [0.5, 0.6) is 0 Å². The van der Waals surface area contributed by atoms with Gasteiger partial charge in [-0.15, -0.1) is 0 Å². The van der Waals surface area contributed by atoms with Crippen LogP contribution in [0.25, 0.3) is 0 Å². The molecular formula is C13H22O4. The molecule has 4 heteroatoms. The van der Waals surface area contributed by atoms with Crippen molar-refractivity contribution in [2.45, 2.75) is 63.8 Å². The van der Waals surface area contributed by atoms with Crippen molar-refractivity contribution in [3.63, 3.8) is 0 Å². The summed E-state index contributed by atoms with van der Waals surface area (Å²) >= 11 is 0. The third-order valence-electron chi connectivity index (χ3n) is 3.32. The second-order valence-corrected chi connectivity index (χ2v) is 5.74. The summed E-state index contributed by atoms with van der Waals surface area (Å²) in [6.07, 6.45) is 2.97. The van der Waals surface area contributed by atoms with E-state index < -0.39 is 6.10 Å². The fourth-order valence-corrected chi connectivity index (χ4v) is 2.52. The Morgan fingerprint density at radius 1 is 1.47 bits per heavy atom. The third kappa shape index (κ3) is 3.19. The van der Waals surface area contributed by atoms with Crippen LogP contribution in [0.3, 0.4) is 0 Å². The molecule has 0 radical (unpaired) electrons. The highest BCUT2D eigenvalue weighted by molar-refractivity contribution is 5.75. The molecule has 98 valence electrons. The van der Waals surface area contributed by atoms with Crippen LogP contribution in [-0.4, -0.2) is 36.5 Å². The van der Waals surface area contributed by atoms with Crippen molar-refractivity contribution in [3.05, 3.63) is 0 Å². The van der Waals surface area contributed by atoms with E-state index in [-0.39, 0.29) is 17.2 Å². The Labute approximate surface area is 103 Å². The fraction of sp³-hybridized carbons (Fsp3) is 0.923. The van der Waals surface area contributed by atoms with Crippen molar-refractivity contribution >= 4 is 5.97 Å². The van der Waals surface area contributed by atoms with Crippen molar-refractivity contribution in [1.29, 1.82) is 0 Å². The maximum Gasteiger partial charge on any atom is 0.335 e. The van der Waals surface area contributed by atoms with Gasteiger partial charge in [0.05, 0.1) is 24.4 Å². The lowest BCUT2D eigenvalue weighted by Gasteiger charge is -2.38. The smallest absolute Gasteiger partial charge is 0.335 e. The zero-order valence-corrected chi connectivity index (χ0v) is 11.0. The van der Waals surface area contributed by atoms with Gasteiger partial charge in [-0.05, 0) is 20.3 Å². The normalized spacial score (nSPS) is 34.6. The zero-order valence-electron chi connectivity index (χ0n) is 11.0. The Hall–Kier alpha value is -0.610. The molecule has 0 aliphatic carbocycles. The van der Waals surface area contributed by atoms with Crippen molar-refractivity contribution < 1.29 is 19.0 Å². The van der Waals surface area contributed by atoms with Crippen molar-refractivity contribution in [2.24, 2.45) is 0 Å². The van der Waals surface area contributed by atoms with Gasteiger partial charge in [-0.25, -0.2) is 4.79 Å². The first-order valence-electron chi connectivity index (χ1n) is 6.45. The highest BCUT2D eigenvalue weighted by atomic mass is 16.6. The minimum Gasteiger partial charge on any atom is -0.464 e. The second-order valence-electron chi connectivity index (χ2n) is 5.74. The summed E-state index contributed by atoms with van der Waals surface area (Å²) in [5.41, 5.74) is -0.417. The molecule has 0 aromatic heterocycles. The van der Waals surface area contributed by atoms with Crippen LogP contribution in [-0.2, 0) is 19.0 Å². The molecule has 0 amide bonds. The summed E-state index contributed by atoms with van der Waals surface area (Å²) in [5, 5.41) is 0. The summed E-state index contributed by atoms with van der Waals surface area (Å²) in [5.74, 6) is -0.235. The Bertz CT molecular complexity index is 288. The lowest BCUT2D eigenvalue weighted by atomic mass is 9.85. The predicted octanol–water partition coefficient (Wildman–Crippen LogP) is 2.06. The number of esters is 1. The second kappa shape index (κ2) is 4.58. The van der Waals surface area contributed by atoms with E-state index in [0.29, 0.717) is 13.0 Å². The van der Waals surface area contributed by atoms with Crippen LogP contribution in [0.2, 0.25) is 0 Å². The molecule has 0 saturated carbocycles. The van der Waals surface area contributed by atoms with Gasteiger partial charge in [0.15, 0.2) is 6.10 Å². The first-order valence-corrected chi connectivity index (χ1v) is 6.45. The maximum absolute atomic E-state index is 11.9. The molecule has 0 bridgehead atoms. The van der Waals surface area contributed by atoms with Crippen LogP contribution >= 0.6 is 0 Å². The average molecular weight is 242 g/mol. The minimum atomic E-state index is -0.460. The molecule has 2 aliphatic rings. The summed E-state index contributed by atoms with van der Waals surface area (Å²) in [7, 11) is 0. The van der Waals surface area contributed by atoms with E-state index in [9.17, 15) is 4.79 Å². The van der Waals surface area contributed by atoms with Crippen LogP contribution < -0.4 is 0 Å². The summed E-state index contributed by atoms with van der Waals surface area (Å²) in [6.45, 7) is 7.31. The van der Waals surface area contributed by atoms with Gasteiger partial charge in [0, 0.05) is 12.8 Å². The third-order valence-corrected chi connectivity index (χ3v) is 3.32. The molecule has 2 atom stereocenters. The predicted molar refractivity (Wildman–Crippen MR) is 62.7 cm³/mol. The SMILES string of the molecule is CCCCOC(=O)[C@@H]1C[C@@]2(CO2)CC(C)(C)O1. The van der Waals surface area contributed by atoms with Crippen LogP contribution in [0.15, 0.2) is 0 Å². The van der Waals surface area contributed by atoms with Crippen LogP contribution in [0.4, 0.5) is 0 Å². The molecule has 2 saturated heterocycles. The van der Waals surface area contributed by atoms with E-state index in [1.807, 2.05) is 13.8 Å². The molecule has 4 nitrogen and oxygen atoms in total. The molecule has 2 fully saturated rings. The number of carbonyl (C=O) groups excluding carboxylic acids is 1. The van der Waals surface area contributed by atoms with E-state index in [0.717, 1.165) is 25.9 Å². The molecule has 0 aromatic rings. The maximum atomic E-state index is 11.9. The van der Waals surface area contributed by atoms with Gasteiger partial charge in [0.25, 0.3) is 0 Å².